The molecule has 58 heavy (non-hydrogen) atoms. The molecule has 15 rings (SSSR count). The van der Waals surface area contributed by atoms with Crippen LogP contribution in [-0.2, 0) is 10.8 Å². The summed E-state index contributed by atoms with van der Waals surface area (Å²) < 4.78 is 0. The SMILES string of the molecule is c1cc(-c2ccc3ccccc3c2)cc(N(c2ccc3c(c2)C2(CC4CCC2C4)c2ccccc2-3)c2cccc3c2-c2ccccc2C32C3CC4CC(C3)CC2C4)c1. The number of hydrogen-bond donors (Lipinski definition) is 0. The first-order valence-corrected chi connectivity index (χ1v) is 22.5. The smallest absolute Gasteiger partial charge is 0.0543 e. The molecule has 3 atom stereocenters. The maximum absolute atomic E-state index is 2.68. The van der Waals surface area contributed by atoms with Gasteiger partial charge >= 0.3 is 0 Å². The Bertz CT molecular complexity index is 2830. The predicted octanol–water partition coefficient (Wildman–Crippen LogP) is 14.8. The molecule has 0 aromatic heterocycles. The van der Waals surface area contributed by atoms with Gasteiger partial charge in [0.25, 0.3) is 0 Å². The fraction of sp³-hybridized carbons (Fsp3) is 0.298. The quantitative estimate of drug-likeness (QED) is 0.173. The summed E-state index contributed by atoms with van der Waals surface area (Å²) in [5, 5.41) is 2.57. The van der Waals surface area contributed by atoms with Gasteiger partial charge in [-0.2, -0.15) is 0 Å². The van der Waals surface area contributed by atoms with E-state index < -0.39 is 0 Å². The summed E-state index contributed by atoms with van der Waals surface area (Å²) in [6, 6.07) is 59.4. The van der Waals surface area contributed by atoms with Crippen molar-refractivity contribution in [3.63, 3.8) is 0 Å². The number of nitrogens with zero attached hydrogens (tertiary/aromatic N) is 1. The number of benzene rings is 7. The van der Waals surface area contributed by atoms with Crippen molar-refractivity contribution in [3.8, 4) is 33.4 Å². The lowest BCUT2D eigenvalue weighted by atomic mass is 9.43. The Morgan fingerprint density at radius 2 is 1.09 bits per heavy atom. The molecule has 6 fully saturated rings. The molecule has 0 heterocycles. The van der Waals surface area contributed by atoms with Crippen LogP contribution in [0.15, 0.2) is 152 Å². The van der Waals surface area contributed by atoms with Crippen LogP contribution in [0.3, 0.4) is 0 Å². The van der Waals surface area contributed by atoms with Gasteiger partial charge in [-0.05, 0) is 184 Å². The topological polar surface area (TPSA) is 3.24 Å². The Labute approximate surface area is 342 Å². The molecule has 7 aromatic rings. The van der Waals surface area contributed by atoms with E-state index in [1.54, 1.807) is 22.3 Å². The van der Waals surface area contributed by atoms with Crippen LogP contribution in [0.5, 0.6) is 0 Å². The van der Waals surface area contributed by atoms with E-state index in [4.69, 9.17) is 0 Å². The standard InChI is InChI=1S/C57H49N/c1-2-10-39-31-41(21-20-38(39)9-1)40-11-7-12-45(32-40)58(46-23-24-48-47-13-3-5-15-50(47)56(53(48)33-46)34-35-19-22-42(56)26-35)54-18-8-17-52-55(54)49-14-4-6-16-51(49)57(52)43-27-36-25-37(29-43)30-44(57)28-36/h1-18,20-21,23-24,31-33,35-37,42-44H,19,22,25-30,34H2. The molecule has 282 valence electrons. The third kappa shape index (κ3) is 4.13. The van der Waals surface area contributed by atoms with Crippen molar-refractivity contribution in [1.29, 1.82) is 0 Å². The average molecular weight is 748 g/mol. The summed E-state index contributed by atoms with van der Waals surface area (Å²) in [5.41, 5.74) is 19.0. The first-order chi connectivity index (χ1) is 28.7. The zero-order valence-corrected chi connectivity index (χ0v) is 33.2. The van der Waals surface area contributed by atoms with Crippen LogP contribution in [0.25, 0.3) is 44.2 Å². The van der Waals surface area contributed by atoms with E-state index in [-0.39, 0.29) is 10.8 Å². The molecule has 8 aliphatic rings. The van der Waals surface area contributed by atoms with Gasteiger partial charge in [0.2, 0.25) is 0 Å². The van der Waals surface area contributed by atoms with Crippen molar-refractivity contribution in [3.05, 3.63) is 174 Å². The second-order valence-electron chi connectivity index (χ2n) is 19.7. The molecule has 0 saturated heterocycles. The van der Waals surface area contributed by atoms with Crippen molar-refractivity contribution in [2.24, 2.45) is 35.5 Å². The van der Waals surface area contributed by atoms with Crippen LogP contribution >= 0.6 is 0 Å². The molecule has 0 radical (unpaired) electrons. The van der Waals surface area contributed by atoms with Gasteiger partial charge in [0.15, 0.2) is 0 Å². The molecule has 8 aliphatic carbocycles. The first-order valence-electron chi connectivity index (χ1n) is 22.5. The summed E-state index contributed by atoms with van der Waals surface area (Å²) >= 11 is 0. The highest BCUT2D eigenvalue weighted by molar-refractivity contribution is 5.97. The lowest BCUT2D eigenvalue weighted by molar-refractivity contribution is -0.0399. The summed E-state index contributed by atoms with van der Waals surface area (Å²) in [4.78, 5) is 2.68. The molecule has 1 heteroatoms. The summed E-state index contributed by atoms with van der Waals surface area (Å²) in [7, 11) is 0. The Morgan fingerprint density at radius 1 is 0.414 bits per heavy atom. The normalized spacial score (nSPS) is 29.9. The highest BCUT2D eigenvalue weighted by atomic mass is 15.1. The van der Waals surface area contributed by atoms with Crippen molar-refractivity contribution in [1.82, 2.24) is 0 Å². The van der Waals surface area contributed by atoms with Gasteiger partial charge in [-0.15, -0.1) is 0 Å². The molecule has 6 saturated carbocycles. The monoisotopic (exact) mass is 747 g/mol. The largest absolute Gasteiger partial charge is 0.310 e. The second kappa shape index (κ2) is 11.6. The maximum Gasteiger partial charge on any atom is 0.0543 e. The highest BCUT2D eigenvalue weighted by Gasteiger charge is 2.62. The van der Waals surface area contributed by atoms with Gasteiger partial charge in [0.1, 0.15) is 0 Å². The van der Waals surface area contributed by atoms with Gasteiger partial charge in [0.05, 0.1) is 5.69 Å². The number of rotatable bonds is 4. The zero-order valence-electron chi connectivity index (χ0n) is 33.2. The zero-order chi connectivity index (χ0) is 37.7. The van der Waals surface area contributed by atoms with Crippen molar-refractivity contribution < 1.29 is 0 Å². The highest BCUT2D eigenvalue weighted by Crippen LogP contribution is 2.71. The van der Waals surface area contributed by atoms with E-state index >= 15 is 0 Å². The molecule has 0 amide bonds. The van der Waals surface area contributed by atoms with E-state index in [1.807, 2.05) is 0 Å². The Hall–Kier alpha value is -5.40. The van der Waals surface area contributed by atoms with Crippen molar-refractivity contribution >= 4 is 27.8 Å². The van der Waals surface area contributed by atoms with Gasteiger partial charge in [-0.25, -0.2) is 0 Å². The Kier molecular flexibility index (Phi) is 6.52. The molecule has 0 aliphatic heterocycles. The van der Waals surface area contributed by atoms with Gasteiger partial charge in [0, 0.05) is 27.8 Å². The van der Waals surface area contributed by atoms with Crippen LogP contribution in [0.4, 0.5) is 17.1 Å². The van der Waals surface area contributed by atoms with Crippen molar-refractivity contribution in [2.75, 3.05) is 4.90 Å². The van der Waals surface area contributed by atoms with Gasteiger partial charge in [-0.1, -0.05) is 122 Å². The fourth-order valence-electron chi connectivity index (χ4n) is 15.5. The number of hydrogen-bond acceptors (Lipinski definition) is 1. The molecule has 7 aromatic carbocycles. The van der Waals surface area contributed by atoms with E-state index in [0.717, 1.165) is 35.5 Å². The van der Waals surface area contributed by atoms with Crippen molar-refractivity contribution in [2.45, 2.75) is 68.6 Å². The van der Waals surface area contributed by atoms with Crippen LogP contribution in [-0.4, -0.2) is 0 Å². The van der Waals surface area contributed by atoms with E-state index in [0.29, 0.717) is 0 Å². The molecule has 0 N–H and O–H groups in total. The lowest BCUT2D eigenvalue weighted by Gasteiger charge is -2.61. The summed E-state index contributed by atoms with van der Waals surface area (Å²) in [6.45, 7) is 0. The van der Waals surface area contributed by atoms with E-state index in [2.05, 4.69) is 157 Å². The van der Waals surface area contributed by atoms with Crippen LogP contribution < -0.4 is 4.90 Å². The number of fused-ring (bicyclic) bond motifs is 12. The van der Waals surface area contributed by atoms with Gasteiger partial charge < -0.3 is 4.90 Å². The van der Waals surface area contributed by atoms with Gasteiger partial charge in [-0.3, -0.25) is 0 Å². The number of anilines is 3. The van der Waals surface area contributed by atoms with E-state index in [9.17, 15) is 0 Å². The van der Waals surface area contributed by atoms with E-state index in [1.165, 1.54) is 119 Å². The first kappa shape index (κ1) is 32.5. The minimum absolute atomic E-state index is 0.124. The Balaban J connectivity index is 1.01. The van der Waals surface area contributed by atoms with Crippen LogP contribution in [0.2, 0.25) is 0 Å². The van der Waals surface area contributed by atoms with Crippen LogP contribution in [0.1, 0.15) is 80.0 Å². The second-order valence-corrected chi connectivity index (χ2v) is 19.7. The molecule has 2 spiro atoms. The third-order valence-corrected chi connectivity index (χ3v) is 17.3. The summed E-state index contributed by atoms with van der Waals surface area (Å²) in [5.74, 6) is 4.90. The maximum atomic E-state index is 2.68. The minimum atomic E-state index is 0.124. The molecular formula is C57H49N. The molecule has 1 nitrogen and oxygen atoms in total. The predicted molar refractivity (Wildman–Crippen MR) is 239 cm³/mol. The fourth-order valence-corrected chi connectivity index (χ4v) is 15.5. The Morgan fingerprint density at radius 3 is 1.90 bits per heavy atom. The lowest BCUT2D eigenvalue weighted by Crippen LogP contribution is -2.55. The minimum Gasteiger partial charge on any atom is -0.310 e. The molecular weight excluding hydrogens is 699 g/mol. The third-order valence-electron chi connectivity index (χ3n) is 17.3. The summed E-state index contributed by atoms with van der Waals surface area (Å²) in [6.07, 6.45) is 12.5. The average Bonchev–Trinajstić information content (AvgIpc) is 4.03. The molecule has 6 bridgehead atoms. The van der Waals surface area contributed by atoms with Crippen LogP contribution in [0, 0.1) is 35.5 Å². The molecule has 3 unspecified atom stereocenters.